The molecule has 6 heteroatoms. The molecule has 0 bridgehead atoms. The summed E-state index contributed by atoms with van der Waals surface area (Å²) in [7, 11) is 1.65. The monoisotopic (exact) mass is 343 g/mol. The molecule has 1 aromatic carbocycles. The zero-order valence-corrected chi connectivity index (χ0v) is 14.9. The molecule has 2 aromatic rings. The van der Waals surface area contributed by atoms with Crippen molar-refractivity contribution in [3.05, 3.63) is 35.0 Å². The number of amides is 1. The molecule has 3 rings (SSSR count). The highest BCUT2D eigenvalue weighted by Crippen LogP contribution is 2.35. The summed E-state index contributed by atoms with van der Waals surface area (Å²) in [5.74, 6) is 0.834. The Morgan fingerprint density at radius 1 is 1.44 bits per heavy atom. The van der Waals surface area contributed by atoms with Gasteiger partial charge in [-0.3, -0.25) is 9.89 Å². The van der Waals surface area contributed by atoms with Crippen molar-refractivity contribution < 1.29 is 14.6 Å². The van der Waals surface area contributed by atoms with E-state index in [0.717, 1.165) is 41.8 Å². The number of hydrogen-bond acceptors (Lipinski definition) is 4. The quantitative estimate of drug-likeness (QED) is 0.751. The van der Waals surface area contributed by atoms with Gasteiger partial charge in [-0.15, -0.1) is 0 Å². The number of methoxy groups -OCH3 is 1. The van der Waals surface area contributed by atoms with Crippen LogP contribution in [0.2, 0.25) is 0 Å². The summed E-state index contributed by atoms with van der Waals surface area (Å²) in [6.45, 7) is 4.00. The molecule has 0 fully saturated rings. The lowest BCUT2D eigenvalue weighted by Crippen LogP contribution is -2.42. The third kappa shape index (κ3) is 3.26. The van der Waals surface area contributed by atoms with E-state index in [0.29, 0.717) is 5.69 Å². The average molecular weight is 343 g/mol. The summed E-state index contributed by atoms with van der Waals surface area (Å²) in [6, 6.07) is 5.67. The van der Waals surface area contributed by atoms with Gasteiger partial charge < -0.3 is 15.2 Å². The number of carbonyl (C=O) groups is 1. The number of nitrogens with one attached hydrogen (secondary N) is 2. The minimum absolute atomic E-state index is 0.0697. The normalized spacial score (nSPS) is 15.0. The Bertz CT molecular complexity index is 769. The number of aryl methyl sites for hydroxylation is 1. The summed E-state index contributed by atoms with van der Waals surface area (Å²) >= 11 is 0. The van der Waals surface area contributed by atoms with E-state index >= 15 is 0 Å². The lowest BCUT2D eigenvalue weighted by molar-refractivity contribution is 0.0885. The van der Waals surface area contributed by atoms with Crippen LogP contribution in [-0.2, 0) is 12.8 Å². The number of benzene rings is 1. The lowest BCUT2D eigenvalue weighted by atomic mass is 9.88. The molecule has 0 saturated carbocycles. The maximum atomic E-state index is 12.7. The number of aromatic nitrogens is 2. The summed E-state index contributed by atoms with van der Waals surface area (Å²) < 4.78 is 5.28. The lowest BCUT2D eigenvalue weighted by Gasteiger charge is -2.22. The number of fused-ring (bicyclic) bond motifs is 3. The summed E-state index contributed by atoms with van der Waals surface area (Å²) in [4.78, 5) is 12.7. The second-order valence-electron chi connectivity index (χ2n) is 6.60. The van der Waals surface area contributed by atoms with Crippen LogP contribution in [0.4, 0.5) is 0 Å². The predicted molar refractivity (Wildman–Crippen MR) is 95.8 cm³/mol. The van der Waals surface area contributed by atoms with Gasteiger partial charge in [0.25, 0.3) is 5.91 Å². The first kappa shape index (κ1) is 17.5. The van der Waals surface area contributed by atoms with Gasteiger partial charge in [0, 0.05) is 11.1 Å². The van der Waals surface area contributed by atoms with Crippen LogP contribution in [0, 0.1) is 5.92 Å². The van der Waals surface area contributed by atoms with Crippen molar-refractivity contribution in [2.75, 3.05) is 13.7 Å². The van der Waals surface area contributed by atoms with Gasteiger partial charge >= 0.3 is 0 Å². The van der Waals surface area contributed by atoms with Gasteiger partial charge in [0.1, 0.15) is 11.4 Å². The third-order valence-corrected chi connectivity index (χ3v) is 5.15. The van der Waals surface area contributed by atoms with Gasteiger partial charge in [-0.25, -0.2) is 0 Å². The summed E-state index contributed by atoms with van der Waals surface area (Å²) in [5, 5.41) is 19.8. The van der Waals surface area contributed by atoms with Crippen molar-refractivity contribution in [2.24, 2.45) is 5.92 Å². The van der Waals surface area contributed by atoms with Gasteiger partial charge in [-0.2, -0.15) is 5.10 Å². The SMILES string of the molecule is CC[C@@H](C)[C@H](CO)NC(=O)c1[nH]nc2c1CCc1cc(OC)ccc1-2. The number of aliphatic hydroxyl groups is 1. The average Bonchev–Trinajstić information content (AvgIpc) is 3.09. The topological polar surface area (TPSA) is 87.2 Å². The van der Waals surface area contributed by atoms with Gasteiger partial charge in [-0.1, -0.05) is 20.3 Å². The Kier molecular flexibility index (Phi) is 5.08. The molecule has 2 atom stereocenters. The highest BCUT2D eigenvalue weighted by Gasteiger charge is 2.27. The fourth-order valence-electron chi connectivity index (χ4n) is 3.31. The zero-order chi connectivity index (χ0) is 18.0. The largest absolute Gasteiger partial charge is 0.497 e. The third-order valence-electron chi connectivity index (χ3n) is 5.15. The summed E-state index contributed by atoms with van der Waals surface area (Å²) in [6.07, 6.45) is 2.48. The Morgan fingerprint density at radius 2 is 2.24 bits per heavy atom. The van der Waals surface area contributed by atoms with Crippen LogP contribution in [0.25, 0.3) is 11.3 Å². The Morgan fingerprint density at radius 3 is 2.92 bits per heavy atom. The van der Waals surface area contributed by atoms with E-state index in [-0.39, 0.29) is 24.5 Å². The van der Waals surface area contributed by atoms with Crippen molar-refractivity contribution in [1.82, 2.24) is 15.5 Å². The molecule has 6 nitrogen and oxygen atoms in total. The van der Waals surface area contributed by atoms with E-state index in [1.54, 1.807) is 7.11 Å². The van der Waals surface area contributed by atoms with Crippen LogP contribution >= 0.6 is 0 Å². The van der Waals surface area contributed by atoms with Gasteiger partial charge in [0.05, 0.1) is 25.5 Å². The highest BCUT2D eigenvalue weighted by molar-refractivity contribution is 5.96. The van der Waals surface area contributed by atoms with E-state index in [2.05, 4.69) is 15.5 Å². The fourth-order valence-corrected chi connectivity index (χ4v) is 3.31. The van der Waals surface area contributed by atoms with Gasteiger partial charge in [0.2, 0.25) is 0 Å². The van der Waals surface area contributed by atoms with E-state index in [9.17, 15) is 9.90 Å². The van der Waals surface area contributed by atoms with E-state index < -0.39 is 0 Å². The standard InChI is InChI=1S/C19H25N3O3/c1-4-11(2)16(10-23)20-19(24)18-15-7-5-12-9-13(25-3)6-8-14(12)17(15)21-22-18/h6,8-9,11,16,23H,4-5,7,10H2,1-3H3,(H,20,24)(H,21,22)/t11-,16+/m1/s1. The smallest absolute Gasteiger partial charge is 0.269 e. The zero-order valence-electron chi connectivity index (χ0n) is 14.9. The van der Waals surface area contributed by atoms with E-state index in [4.69, 9.17) is 4.74 Å². The van der Waals surface area contributed by atoms with Crippen LogP contribution in [0.3, 0.4) is 0 Å². The van der Waals surface area contributed by atoms with Crippen molar-refractivity contribution in [2.45, 2.75) is 39.2 Å². The molecule has 0 aliphatic heterocycles. The molecule has 0 radical (unpaired) electrons. The second kappa shape index (κ2) is 7.27. The molecule has 25 heavy (non-hydrogen) atoms. The molecular weight excluding hydrogens is 318 g/mol. The number of aromatic amines is 1. The first-order valence-electron chi connectivity index (χ1n) is 8.75. The first-order valence-corrected chi connectivity index (χ1v) is 8.75. The van der Waals surface area contributed by atoms with Crippen molar-refractivity contribution in [3.63, 3.8) is 0 Å². The number of hydrogen-bond donors (Lipinski definition) is 3. The molecule has 0 spiro atoms. The fraction of sp³-hybridized carbons (Fsp3) is 0.474. The molecule has 3 N–H and O–H groups in total. The maximum Gasteiger partial charge on any atom is 0.269 e. The Balaban J connectivity index is 1.87. The number of carbonyl (C=O) groups excluding carboxylic acids is 1. The van der Waals surface area contributed by atoms with Crippen molar-refractivity contribution in [1.29, 1.82) is 0 Å². The summed E-state index contributed by atoms with van der Waals surface area (Å²) in [5.41, 5.74) is 4.49. The molecule has 1 amide bonds. The molecule has 1 aliphatic carbocycles. The van der Waals surface area contributed by atoms with Crippen LogP contribution in [0.15, 0.2) is 18.2 Å². The van der Waals surface area contributed by atoms with E-state index in [1.165, 1.54) is 5.56 Å². The maximum absolute atomic E-state index is 12.7. The first-order chi connectivity index (χ1) is 12.1. The number of H-pyrrole nitrogens is 1. The molecule has 1 aromatic heterocycles. The number of aliphatic hydroxyl groups excluding tert-OH is 1. The number of nitrogens with zero attached hydrogens (tertiary/aromatic N) is 1. The number of ether oxygens (including phenoxy) is 1. The molecule has 134 valence electrons. The van der Waals surface area contributed by atoms with Gasteiger partial charge in [0.15, 0.2) is 0 Å². The second-order valence-corrected chi connectivity index (χ2v) is 6.60. The van der Waals surface area contributed by atoms with Crippen LogP contribution < -0.4 is 10.1 Å². The van der Waals surface area contributed by atoms with Crippen LogP contribution in [-0.4, -0.2) is 41.0 Å². The molecule has 0 unspecified atom stereocenters. The van der Waals surface area contributed by atoms with Crippen molar-refractivity contribution >= 4 is 5.91 Å². The van der Waals surface area contributed by atoms with Crippen LogP contribution in [0.5, 0.6) is 5.75 Å². The molecule has 1 heterocycles. The molecule has 0 saturated heterocycles. The minimum Gasteiger partial charge on any atom is -0.497 e. The van der Waals surface area contributed by atoms with Crippen LogP contribution in [0.1, 0.15) is 41.9 Å². The highest BCUT2D eigenvalue weighted by atomic mass is 16.5. The minimum atomic E-state index is -0.253. The van der Waals surface area contributed by atoms with Crippen molar-refractivity contribution in [3.8, 4) is 17.0 Å². The molecule has 1 aliphatic rings. The molecular formula is C19H25N3O3. The van der Waals surface area contributed by atoms with Gasteiger partial charge in [-0.05, 0) is 42.5 Å². The Hall–Kier alpha value is -2.34. The predicted octanol–water partition coefficient (Wildman–Crippen LogP) is 2.32. The number of rotatable bonds is 6. The Labute approximate surface area is 147 Å². The van der Waals surface area contributed by atoms with E-state index in [1.807, 2.05) is 32.0 Å².